The molecule has 1 aromatic heterocycles. The van der Waals surface area contributed by atoms with Gasteiger partial charge in [-0.2, -0.15) is 0 Å². The third kappa shape index (κ3) is 5.14. The Morgan fingerprint density at radius 2 is 1.90 bits per heavy atom. The lowest BCUT2D eigenvalue weighted by Gasteiger charge is -2.04. The Hall–Kier alpha value is -2.56. The highest BCUT2D eigenvalue weighted by Gasteiger charge is 2.07. The molecule has 0 radical (unpaired) electrons. The van der Waals surface area contributed by atoms with Crippen molar-refractivity contribution in [3.63, 3.8) is 0 Å². The number of rotatable bonds is 7. The lowest BCUT2D eigenvalue weighted by atomic mass is 10.2. The van der Waals surface area contributed by atoms with Crippen molar-refractivity contribution in [1.29, 1.82) is 0 Å². The second kappa shape index (κ2) is 7.28. The van der Waals surface area contributed by atoms with Crippen molar-refractivity contribution in [2.24, 2.45) is 0 Å². The number of benzene rings is 1. The maximum Gasteiger partial charge on any atom is 0.308 e. The van der Waals surface area contributed by atoms with Gasteiger partial charge >= 0.3 is 5.97 Å². The van der Waals surface area contributed by atoms with Gasteiger partial charge in [-0.25, -0.2) is 0 Å². The zero-order valence-corrected chi connectivity index (χ0v) is 11.8. The summed E-state index contributed by atoms with van der Waals surface area (Å²) in [5, 5.41) is 0. The number of hydrogen-bond acceptors (Lipinski definition) is 4. The van der Waals surface area contributed by atoms with Crippen molar-refractivity contribution in [2.45, 2.75) is 19.8 Å². The standard InChI is InChI=1S/C16H17NO4/c1-12(18)21-16-9-13(17-10-16)7-8-14(19)11-20-15-5-3-2-4-6-15/h2-6,9-10,17H,7-8,11H2,1H3. The van der Waals surface area contributed by atoms with Crippen molar-refractivity contribution < 1.29 is 19.1 Å². The SMILES string of the molecule is CC(=O)Oc1c[nH]c(CCC(=O)COc2ccccc2)c1. The molecule has 0 spiro atoms. The molecule has 0 saturated carbocycles. The summed E-state index contributed by atoms with van der Waals surface area (Å²) in [6.45, 7) is 1.40. The molecule has 5 heteroatoms. The average Bonchev–Trinajstić information content (AvgIpc) is 2.91. The summed E-state index contributed by atoms with van der Waals surface area (Å²) in [6.07, 6.45) is 2.52. The topological polar surface area (TPSA) is 68.4 Å². The molecular weight excluding hydrogens is 270 g/mol. The van der Waals surface area contributed by atoms with Crippen LogP contribution in [0.5, 0.6) is 11.5 Å². The molecule has 0 amide bonds. The number of ketones is 1. The number of aryl methyl sites for hydroxylation is 1. The lowest BCUT2D eigenvalue weighted by molar-refractivity contribution is -0.131. The van der Waals surface area contributed by atoms with E-state index in [1.54, 1.807) is 12.3 Å². The van der Waals surface area contributed by atoms with Crippen LogP contribution in [0.3, 0.4) is 0 Å². The summed E-state index contributed by atoms with van der Waals surface area (Å²) in [4.78, 5) is 25.5. The molecule has 0 fully saturated rings. The molecule has 0 bridgehead atoms. The van der Waals surface area contributed by atoms with E-state index in [1.165, 1.54) is 6.92 Å². The minimum Gasteiger partial charge on any atom is -0.486 e. The third-order valence-corrected chi connectivity index (χ3v) is 2.79. The van der Waals surface area contributed by atoms with Gasteiger partial charge in [-0.1, -0.05) is 18.2 Å². The van der Waals surface area contributed by atoms with Crippen LogP contribution in [0.1, 0.15) is 19.0 Å². The van der Waals surface area contributed by atoms with Gasteiger partial charge in [0.15, 0.2) is 5.78 Å². The van der Waals surface area contributed by atoms with Gasteiger partial charge in [0, 0.05) is 31.3 Å². The van der Waals surface area contributed by atoms with Gasteiger partial charge < -0.3 is 14.5 Å². The Balaban J connectivity index is 1.73. The maximum absolute atomic E-state index is 11.8. The molecule has 0 saturated heterocycles. The van der Waals surface area contributed by atoms with E-state index in [1.807, 2.05) is 30.3 Å². The zero-order valence-electron chi connectivity index (χ0n) is 11.8. The highest BCUT2D eigenvalue weighted by atomic mass is 16.5. The minimum absolute atomic E-state index is 0.0162. The first-order chi connectivity index (χ1) is 10.1. The van der Waals surface area contributed by atoms with Gasteiger partial charge in [0.05, 0.1) is 0 Å². The van der Waals surface area contributed by atoms with Crippen molar-refractivity contribution >= 4 is 11.8 Å². The number of carbonyl (C=O) groups excluding carboxylic acids is 2. The minimum atomic E-state index is -0.368. The van der Waals surface area contributed by atoms with Crippen molar-refractivity contribution in [2.75, 3.05) is 6.61 Å². The van der Waals surface area contributed by atoms with Crippen LogP contribution >= 0.6 is 0 Å². The largest absolute Gasteiger partial charge is 0.486 e. The Kier molecular flexibility index (Phi) is 5.15. The monoisotopic (exact) mass is 287 g/mol. The molecule has 0 unspecified atom stereocenters. The number of esters is 1. The van der Waals surface area contributed by atoms with Crippen molar-refractivity contribution in [3.8, 4) is 11.5 Å². The zero-order chi connectivity index (χ0) is 15.1. The highest BCUT2D eigenvalue weighted by molar-refractivity contribution is 5.80. The van der Waals surface area contributed by atoms with Crippen LogP contribution in [0.4, 0.5) is 0 Å². The first-order valence-corrected chi connectivity index (χ1v) is 6.69. The van der Waals surface area contributed by atoms with Crippen LogP contribution in [0.15, 0.2) is 42.6 Å². The number of aromatic amines is 1. The van der Waals surface area contributed by atoms with E-state index >= 15 is 0 Å². The first-order valence-electron chi connectivity index (χ1n) is 6.69. The van der Waals surface area contributed by atoms with Crippen LogP contribution in [0.2, 0.25) is 0 Å². The molecule has 2 rings (SSSR count). The molecular formula is C16H17NO4. The first kappa shape index (κ1) is 14.8. The van der Waals surface area contributed by atoms with E-state index in [0.29, 0.717) is 24.3 Å². The summed E-state index contributed by atoms with van der Waals surface area (Å²) in [5.41, 5.74) is 0.847. The molecule has 21 heavy (non-hydrogen) atoms. The third-order valence-electron chi connectivity index (χ3n) is 2.79. The second-order valence-corrected chi connectivity index (χ2v) is 4.59. The molecule has 0 atom stereocenters. The summed E-state index contributed by atoms with van der Waals surface area (Å²) < 4.78 is 10.3. The molecule has 110 valence electrons. The number of para-hydroxylation sites is 1. The summed E-state index contributed by atoms with van der Waals surface area (Å²) in [7, 11) is 0. The lowest BCUT2D eigenvalue weighted by Crippen LogP contribution is -2.12. The van der Waals surface area contributed by atoms with Crippen LogP contribution in [0, 0.1) is 0 Å². The van der Waals surface area contributed by atoms with Crippen molar-refractivity contribution in [3.05, 3.63) is 48.3 Å². The molecule has 0 aliphatic rings. The number of aromatic nitrogens is 1. The second-order valence-electron chi connectivity index (χ2n) is 4.59. The molecule has 2 aromatic rings. The number of Topliss-reactive ketones (excluding diaryl/α,β-unsaturated/α-hetero) is 1. The maximum atomic E-state index is 11.8. The van der Waals surface area contributed by atoms with Crippen LogP contribution in [-0.2, 0) is 16.0 Å². The van der Waals surface area contributed by atoms with E-state index in [9.17, 15) is 9.59 Å². The molecule has 1 heterocycles. The van der Waals surface area contributed by atoms with Crippen molar-refractivity contribution in [1.82, 2.24) is 4.98 Å². The van der Waals surface area contributed by atoms with Gasteiger partial charge in [0.25, 0.3) is 0 Å². The fraction of sp³-hybridized carbons (Fsp3) is 0.250. The Morgan fingerprint density at radius 3 is 2.62 bits per heavy atom. The normalized spacial score (nSPS) is 10.1. The summed E-state index contributed by atoms with van der Waals surface area (Å²) in [5.74, 6) is 0.795. The predicted octanol–water partition coefficient (Wildman–Crippen LogP) is 2.52. The van der Waals surface area contributed by atoms with Gasteiger partial charge in [-0.05, 0) is 18.6 Å². The van der Waals surface area contributed by atoms with Gasteiger partial charge in [-0.15, -0.1) is 0 Å². The van der Waals surface area contributed by atoms with E-state index in [0.717, 1.165) is 5.69 Å². The highest BCUT2D eigenvalue weighted by Crippen LogP contribution is 2.14. The van der Waals surface area contributed by atoms with Gasteiger partial charge in [0.1, 0.15) is 18.1 Å². The Bertz CT molecular complexity index is 604. The molecule has 0 aliphatic carbocycles. The number of nitrogens with one attached hydrogen (secondary N) is 1. The summed E-state index contributed by atoms with van der Waals surface area (Å²) in [6, 6.07) is 10.9. The number of H-pyrrole nitrogens is 1. The van der Waals surface area contributed by atoms with Crippen LogP contribution in [0.25, 0.3) is 0 Å². The molecule has 0 aliphatic heterocycles. The summed E-state index contributed by atoms with van der Waals surface area (Å²) >= 11 is 0. The Morgan fingerprint density at radius 1 is 1.14 bits per heavy atom. The fourth-order valence-electron chi connectivity index (χ4n) is 1.81. The van der Waals surface area contributed by atoms with Crippen LogP contribution < -0.4 is 9.47 Å². The Labute approximate surface area is 122 Å². The smallest absolute Gasteiger partial charge is 0.308 e. The quantitative estimate of drug-likeness (QED) is 0.794. The van der Waals surface area contributed by atoms with E-state index in [4.69, 9.17) is 9.47 Å². The van der Waals surface area contributed by atoms with Crippen LogP contribution in [-0.4, -0.2) is 23.3 Å². The number of hydrogen-bond donors (Lipinski definition) is 1. The average molecular weight is 287 g/mol. The van der Waals surface area contributed by atoms with E-state index in [2.05, 4.69) is 4.98 Å². The molecule has 1 N–H and O–H groups in total. The predicted molar refractivity (Wildman–Crippen MR) is 77.4 cm³/mol. The van der Waals surface area contributed by atoms with E-state index in [-0.39, 0.29) is 18.4 Å². The van der Waals surface area contributed by atoms with Gasteiger partial charge in [0.2, 0.25) is 0 Å². The van der Waals surface area contributed by atoms with E-state index < -0.39 is 0 Å². The molecule has 5 nitrogen and oxygen atoms in total. The number of carbonyl (C=O) groups is 2. The molecule has 1 aromatic carbocycles. The fourth-order valence-corrected chi connectivity index (χ4v) is 1.81. The number of ether oxygens (including phenoxy) is 2. The van der Waals surface area contributed by atoms with Gasteiger partial charge in [-0.3, -0.25) is 9.59 Å².